The lowest BCUT2D eigenvalue weighted by Gasteiger charge is -2.29. The lowest BCUT2D eigenvalue weighted by molar-refractivity contribution is -0.385. The van der Waals surface area contributed by atoms with Crippen LogP contribution in [0.25, 0.3) is 0 Å². The van der Waals surface area contributed by atoms with Crippen molar-refractivity contribution in [2.45, 2.75) is 38.6 Å². The van der Waals surface area contributed by atoms with Gasteiger partial charge in [-0.3, -0.25) is 14.9 Å². The van der Waals surface area contributed by atoms with Crippen LogP contribution in [0.2, 0.25) is 0 Å². The molecule has 1 fully saturated rings. The van der Waals surface area contributed by atoms with Gasteiger partial charge in [-0.25, -0.2) is 4.39 Å². The minimum Gasteiger partial charge on any atom is -0.477 e. The van der Waals surface area contributed by atoms with E-state index in [1.165, 1.54) is 6.42 Å². The molecule has 2 atom stereocenters. The monoisotopic (exact) mass is 310 g/mol. The second-order valence-corrected chi connectivity index (χ2v) is 5.59. The maximum absolute atomic E-state index is 13.2. The predicted octanol–water partition coefficient (Wildman–Crippen LogP) is 2.81. The van der Waals surface area contributed by atoms with Crippen LogP contribution in [0.4, 0.5) is 10.1 Å². The molecule has 0 unspecified atom stereocenters. The van der Waals surface area contributed by atoms with Crippen LogP contribution >= 0.6 is 0 Å². The molecular weight excluding hydrogens is 291 g/mol. The zero-order valence-electron chi connectivity index (χ0n) is 12.4. The maximum Gasteiger partial charge on any atom is 0.311 e. The van der Waals surface area contributed by atoms with Crippen molar-refractivity contribution >= 4 is 11.6 Å². The summed E-state index contributed by atoms with van der Waals surface area (Å²) >= 11 is 0. The molecule has 1 N–H and O–H groups in total. The first-order valence-corrected chi connectivity index (χ1v) is 7.33. The number of amides is 1. The van der Waals surface area contributed by atoms with Crippen LogP contribution in [-0.2, 0) is 4.79 Å². The number of nitro benzene ring substituents is 1. The van der Waals surface area contributed by atoms with Crippen molar-refractivity contribution in [2.75, 3.05) is 6.61 Å². The first-order chi connectivity index (χ1) is 10.5. The highest BCUT2D eigenvalue weighted by atomic mass is 19.1. The van der Waals surface area contributed by atoms with E-state index in [0.717, 1.165) is 37.5 Å². The van der Waals surface area contributed by atoms with Gasteiger partial charge in [0, 0.05) is 18.2 Å². The molecule has 1 aromatic carbocycles. The Morgan fingerprint density at radius 1 is 1.45 bits per heavy atom. The molecule has 0 bridgehead atoms. The number of halogens is 1. The SMILES string of the molecule is C[C@@H]1CCCC[C@@H]1NC(=O)COc1cc(F)ccc1[N+](=O)[O-]. The standard InChI is InChI=1S/C15H19FN2O4/c1-10-4-2-3-5-12(10)17-15(19)9-22-14-8-11(16)6-7-13(14)18(20)21/h6-8,10,12H,2-5,9H2,1H3,(H,17,19)/t10-,12+/m1/s1. The zero-order chi connectivity index (χ0) is 16.1. The van der Waals surface area contributed by atoms with Gasteiger partial charge < -0.3 is 10.1 Å². The van der Waals surface area contributed by atoms with Gasteiger partial charge in [0.25, 0.3) is 5.91 Å². The van der Waals surface area contributed by atoms with E-state index >= 15 is 0 Å². The largest absolute Gasteiger partial charge is 0.477 e. The highest BCUT2D eigenvalue weighted by Crippen LogP contribution is 2.27. The van der Waals surface area contributed by atoms with Crippen molar-refractivity contribution in [3.63, 3.8) is 0 Å². The smallest absolute Gasteiger partial charge is 0.311 e. The van der Waals surface area contributed by atoms with Crippen molar-refractivity contribution in [1.82, 2.24) is 5.32 Å². The summed E-state index contributed by atoms with van der Waals surface area (Å²) in [7, 11) is 0. The van der Waals surface area contributed by atoms with Gasteiger partial charge in [0.05, 0.1) is 4.92 Å². The van der Waals surface area contributed by atoms with Crippen molar-refractivity contribution in [3.8, 4) is 5.75 Å². The van der Waals surface area contributed by atoms with E-state index in [-0.39, 0.29) is 30.0 Å². The first kappa shape index (κ1) is 16.2. The van der Waals surface area contributed by atoms with Crippen molar-refractivity contribution in [3.05, 3.63) is 34.1 Å². The number of ether oxygens (including phenoxy) is 1. The van der Waals surface area contributed by atoms with E-state index in [9.17, 15) is 19.3 Å². The van der Waals surface area contributed by atoms with Gasteiger partial charge in [0.15, 0.2) is 6.61 Å². The number of carbonyl (C=O) groups is 1. The molecule has 0 spiro atoms. The molecule has 0 aliphatic heterocycles. The number of nitro groups is 1. The third-order valence-corrected chi connectivity index (χ3v) is 3.94. The average molecular weight is 310 g/mol. The Hall–Kier alpha value is -2.18. The highest BCUT2D eigenvalue weighted by molar-refractivity contribution is 5.78. The summed E-state index contributed by atoms with van der Waals surface area (Å²) < 4.78 is 18.3. The number of hydrogen-bond acceptors (Lipinski definition) is 4. The van der Waals surface area contributed by atoms with Gasteiger partial charge in [-0.1, -0.05) is 19.8 Å². The summed E-state index contributed by atoms with van der Waals surface area (Å²) in [5.74, 6) is -0.836. The van der Waals surface area contributed by atoms with Crippen LogP contribution in [-0.4, -0.2) is 23.5 Å². The fourth-order valence-electron chi connectivity index (χ4n) is 2.68. The lowest BCUT2D eigenvalue weighted by atomic mass is 9.86. The topological polar surface area (TPSA) is 81.5 Å². The van der Waals surface area contributed by atoms with Crippen LogP contribution in [0.1, 0.15) is 32.6 Å². The minimum absolute atomic E-state index is 0.104. The molecule has 120 valence electrons. The Bertz CT molecular complexity index is 564. The van der Waals surface area contributed by atoms with Crippen LogP contribution in [0.3, 0.4) is 0 Å². The quantitative estimate of drug-likeness (QED) is 0.669. The summed E-state index contributed by atoms with van der Waals surface area (Å²) in [6.45, 7) is 1.72. The predicted molar refractivity (Wildman–Crippen MR) is 78.1 cm³/mol. The highest BCUT2D eigenvalue weighted by Gasteiger charge is 2.23. The third-order valence-electron chi connectivity index (χ3n) is 3.94. The Morgan fingerprint density at radius 3 is 2.86 bits per heavy atom. The van der Waals surface area contributed by atoms with Gasteiger partial charge in [0.1, 0.15) is 5.82 Å². The van der Waals surface area contributed by atoms with E-state index in [1.807, 2.05) is 0 Å². The van der Waals surface area contributed by atoms with Gasteiger partial charge >= 0.3 is 5.69 Å². The number of nitrogens with zero attached hydrogens (tertiary/aromatic N) is 1. The average Bonchev–Trinajstić information content (AvgIpc) is 2.47. The molecular formula is C15H19FN2O4. The molecule has 7 heteroatoms. The molecule has 1 aromatic rings. The molecule has 0 saturated heterocycles. The summed E-state index contributed by atoms with van der Waals surface area (Å²) in [5, 5.41) is 13.7. The summed E-state index contributed by atoms with van der Waals surface area (Å²) in [6.07, 6.45) is 4.24. The van der Waals surface area contributed by atoms with Crippen LogP contribution < -0.4 is 10.1 Å². The minimum atomic E-state index is -0.671. The summed E-state index contributed by atoms with van der Waals surface area (Å²) in [5.41, 5.74) is -0.361. The van der Waals surface area contributed by atoms with Gasteiger partial charge in [-0.05, 0) is 24.8 Å². The number of benzene rings is 1. The molecule has 0 heterocycles. The van der Waals surface area contributed by atoms with Gasteiger partial charge in [0.2, 0.25) is 5.75 Å². The number of hydrogen-bond donors (Lipinski definition) is 1. The third kappa shape index (κ3) is 4.16. The second kappa shape index (κ2) is 7.20. The maximum atomic E-state index is 13.2. The first-order valence-electron chi connectivity index (χ1n) is 7.33. The van der Waals surface area contributed by atoms with E-state index in [1.54, 1.807) is 0 Å². The zero-order valence-corrected chi connectivity index (χ0v) is 12.4. The fourth-order valence-corrected chi connectivity index (χ4v) is 2.68. The number of carbonyl (C=O) groups excluding carboxylic acids is 1. The fraction of sp³-hybridized carbons (Fsp3) is 0.533. The Morgan fingerprint density at radius 2 is 2.18 bits per heavy atom. The van der Waals surface area contributed by atoms with Crippen LogP contribution in [0.15, 0.2) is 18.2 Å². The molecule has 6 nitrogen and oxygen atoms in total. The summed E-state index contributed by atoms with van der Waals surface area (Å²) in [4.78, 5) is 22.1. The Labute approximate surface area is 127 Å². The van der Waals surface area contributed by atoms with E-state index < -0.39 is 10.7 Å². The Balaban J connectivity index is 1.93. The van der Waals surface area contributed by atoms with Gasteiger partial charge in [-0.15, -0.1) is 0 Å². The van der Waals surface area contributed by atoms with Crippen molar-refractivity contribution in [1.29, 1.82) is 0 Å². The van der Waals surface area contributed by atoms with Crippen molar-refractivity contribution < 1.29 is 18.8 Å². The Kier molecular flexibility index (Phi) is 5.30. The lowest BCUT2D eigenvalue weighted by Crippen LogP contribution is -2.43. The van der Waals surface area contributed by atoms with E-state index in [2.05, 4.69) is 12.2 Å². The second-order valence-electron chi connectivity index (χ2n) is 5.59. The summed E-state index contributed by atoms with van der Waals surface area (Å²) in [6, 6.07) is 3.02. The molecule has 0 radical (unpaired) electrons. The number of rotatable bonds is 5. The molecule has 1 saturated carbocycles. The normalized spacial score (nSPS) is 21.2. The molecule has 1 aliphatic rings. The molecule has 2 rings (SSSR count). The van der Waals surface area contributed by atoms with Crippen molar-refractivity contribution in [2.24, 2.45) is 5.92 Å². The van der Waals surface area contributed by atoms with Gasteiger partial charge in [-0.2, -0.15) is 0 Å². The molecule has 22 heavy (non-hydrogen) atoms. The molecule has 1 amide bonds. The van der Waals surface area contributed by atoms with E-state index in [4.69, 9.17) is 4.74 Å². The van der Waals surface area contributed by atoms with Crippen LogP contribution in [0.5, 0.6) is 5.75 Å². The number of nitrogens with one attached hydrogen (secondary N) is 1. The molecule has 0 aromatic heterocycles. The molecule has 1 aliphatic carbocycles. The van der Waals surface area contributed by atoms with Crippen LogP contribution in [0, 0.1) is 21.8 Å². The van der Waals surface area contributed by atoms with E-state index in [0.29, 0.717) is 5.92 Å².